The van der Waals surface area contributed by atoms with Crippen LogP contribution in [0.3, 0.4) is 0 Å². The molecule has 0 amide bonds. The average Bonchev–Trinajstić information content (AvgIpc) is 2.59. The first-order valence-corrected chi connectivity index (χ1v) is 7.60. The minimum absolute atomic E-state index is 0.382. The lowest BCUT2D eigenvalue weighted by Crippen LogP contribution is -2.21. The number of ether oxygens (including phenoxy) is 2. The summed E-state index contributed by atoms with van der Waals surface area (Å²) in [6.45, 7) is 2.29. The number of hydrogen-bond donors (Lipinski definition) is 1. The monoisotopic (exact) mass is 367 g/mol. The quantitative estimate of drug-likeness (QED) is 0.624. The van der Waals surface area contributed by atoms with Crippen LogP contribution in [-0.4, -0.2) is 24.5 Å². The van der Waals surface area contributed by atoms with Gasteiger partial charge in [-0.2, -0.15) is 13.2 Å². The lowest BCUT2D eigenvalue weighted by atomic mass is 10.1. The van der Waals surface area contributed by atoms with Crippen molar-refractivity contribution in [2.75, 3.05) is 13.7 Å². The summed E-state index contributed by atoms with van der Waals surface area (Å²) in [5.41, 5.74) is -2.09. The molecule has 2 aromatic rings. The highest BCUT2D eigenvalue weighted by Crippen LogP contribution is 2.29. The number of alkyl halides is 3. The Kier molecular flexibility index (Phi) is 5.86. The van der Waals surface area contributed by atoms with Gasteiger partial charge in [0.25, 0.3) is 5.56 Å². The van der Waals surface area contributed by atoms with E-state index in [9.17, 15) is 22.8 Å². The van der Waals surface area contributed by atoms with Crippen LogP contribution in [0.4, 0.5) is 13.2 Å². The van der Waals surface area contributed by atoms with Gasteiger partial charge in [0.2, 0.25) is 0 Å². The van der Waals surface area contributed by atoms with E-state index >= 15 is 0 Å². The number of rotatable bonds is 6. The van der Waals surface area contributed by atoms with Crippen LogP contribution >= 0.6 is 0 Å². The van der Waals surface area contributed by atoms with Gasteiger partial charge in [0.05, 0.1) is 19.3 Å². The molecular weight excluding hydrogens is 351 g/mol. The summed E-state index contributed by atoms with van der Waals surface area (Å²) in [4.78, 5) is 25.5. The molecule has 5 nitrogen and oxygen atoms in total. The third kappa shape index (κ3) is 4.53. The topological polar surface area (TPSA) is 68.4 Å². The molecule has 0 aliphatic rings. The number of H-pyrrole nitrogens is 1. The van der Waals surface area contributed by atoms with Gasteiger partial charge in [0.15, 0.2) is 17.3 Å². The zero-order valence-corrected chi connectivity index (χ0v) is 14.0. The van der Waals surface area contributed by atoms with Gasteiger partial charge in [0.1, 0.15) is 5.69 Å². The normalized spacial score (nSPS) is 11.6. The molecule has 26 heavy (non-hydrogen) atoms. The van der Waals surface area contributed by atoms with Crippen molar-refractivity contribution < 1.29 is 27.4 Å². The van der Waals surface area contributed by atoms with Gasteiger partial charge in [-0.25, -0.2) is 0 Å². The molecule has 0 bridgehead atoms. The van der Waals surface area contributed by atoms with Crippen molar-refractivity contribution in [3.63, 3.8) is 0 Å². The number of carbonyl (C=O) groups is 1. The number of aromatic amines is 1. The van der Waals surface area contributed by atoms with Gasteiger partial charge in [0, 0.05) is 0 Å². The largest absolute Gasteiger partial charge is 0.493 e. The summed E-state index contributed by atoms with van der Waals surface area (Å²) in [6.07, 6.45) is -2.15. The van der Waals surface area contributed by atoms with Crippen LogP contribution in [0.1, 0.15) is 28.5 Å². The molecule has 1 aromatic heterocycles. The fourth-order valence-electron chi connectivity index (χ4n) is 2.16. The Hall–Kier alpha value is -3.03. The highest BCUT2D eigenvalue weighted by molar-refractivity contribution is 6.06. The third-order valence-electron chi connectivity index (χ3n) is 3.40. The maximum absolute atomic E-state index is 12.5. The molecule has 0 atom stereocenters. The number of ketones is 1. The maximum Gasteiger partial charge on any atom is 0.431 e. The van der Waals surface area contributed by atoms with E-state index in [0.29, 0.717) is 29.7 Å². The van der Waals surface area contributed by atoms with Gasteiger partial charge < -0.3 is 14.5 Å². The standard InChI is InChI=1S/C18H16F3NO4/c1-3-26-14-8-5-11(10-15(14)25-2)4-7-13(23)12-6-9-16(18(19,20)21)22-17(12)24/h4-10H,3H2,1-2H3,(H,22,24)/b7-4+. The molecule has 1 heterocycles. The zero-order valence-electron chi connectivity index (χ0n) is 14.0. The molecular formula is C18H16F3NO4. The summed E-state index contributed by atoms with van der Waals surface area (Å²) >= 11 is 0. The van der Waals surface area contributed by atoms with E-state index in [-0.39, 0.29) is 5.56 Å². The highest BCUT2D eigenvalue weighted by atomic mass is 19.4. The van der Waals surface area contributed by atoms with Gasteiger partial charge in [-0.1, -0.05) is 12.1 Å². The summed E-state index contributed by atoms with van der Waals surface area (Å²) in [6, 6.07) is 6.48. The average molecular weight is 367 g/mol. The molecule has 0 saturated carbocycles. The molecule has 0 radical (unpaired) electrons. The predicted octanol–water partition coefficient (Wildman–Crippen LogP) is 3.70. The Balaban J connectivity index is 2.23. The van der Waals surface area contributed by atoms with Crippen molar-refractivity contribution in [2.24, 2.45) is 0 Å². The Bertz CT molecular complexity index is 885. The summed E-state index contributed by atoms with van der Waals surface area (Å²) in [5.74, 6) is 0.291. The number of allylic oxidation sites excluding steroid dienone is 1. The molecule has 0 aliphatic heterocycles. The van der Waals surface area contributed by atoms with Crippen LogP contribution in [0, 0.1) is 0 Å². The minimum atomic E-state index is -4.69. The number of carbonyl (C=O) groups excluding carboxylic acids is 1. The van der Waals surface area contributed by atoms with E-state index in [1.54, 1.807) is 23.2 Å². The Labute approximate surface area is 147 Å². The molecule has 1 N–H and O–H groups in total. The van der Waals surface area contributed by atoms with Crippen LogP contribution in [0.2, 0.25) is 0 Å². The third-order valence-corrected chi connectivity index (χ3v) is 3.40. The molecule has 0 unspecified atom stereocenters. The highest BCUT2D eigenvalue weighted by Gasteiger charge is 2.32. The number of hydrogen-bond acceptors (Lipinski definition) is 4. The molecule has 2 rings (SSSR count). The molecule has 0 spiro atoms. The number of methoxy groups -OCH3 is 1. The number of pyridine rings is 1. The first kappa shape index (κ1) is 19.3. The second-order valence-electron chi connectivity index (χ2n) is 5.15. The fraction of sp³-hybridized carbons (Fsp3) is 0.222. The SMILES string of the molecule is CCOc1ccc(/C=C/C(=O)c2ccc(C(F)(F)F)[nH]c2=O)cc1OC. The van der Waals surface area contributed by atoms with E-state index in [4.69, 9.17) is 9.47 Å². The van der Waals surface area contributed by atoms with Crippen LogP contribution in [0.15, 0.2) is 41.2 Å². The van der Waals surface area contributed by atoms with Crippen LogP contribution in [-0.2, 0) is 6.18 Å². The zero-order chi connectivity index (χ0) is 19.3. The second kappa shape index (κ2) is 7.90. The summed E-state index contributed by atoms with van der Waals surface area (Å²) in [5, 5.41) is 0. The lowest BCUT2D eigenvalue weighted by molar-refractivity contribution is -0.141. The lowest BCUT2D eigenvalue weighted by Gasteiger charge is -2.09. The first-order chi connectivity index (χ1) is 12.3. The predicted molar refractivity (Wildman–Crippen MR) is 89.6 cm³/mol. The van der Waals surface area contributed by atoms with Crippen molar-refractivity contribution in [2.45, 2.75) is 13.1 Å². The van der Waals surface area contributed by atoms with Crippen molar-refractivity contribution in [3.05, 3.63) is 63.6 Å². The Morgan fingerprint density at radius 1 is 1.19 bits per heavy atom. The molecule has 138 valence electrons. The minimum Gasteiger partial charge on any atom is -0.493 e. The number of benzene rings is 1. The van der Waals surface area contributed by atoms with Crippen LogP contribution in [0.5, 0.6) is 11.5 Å². The van der Waals surface area contributed by atoms with Crippen molar-refractivity contribution in [1.82, 2.24) is 4.98 Å². The van der Waals surface area contributed by atoms with E-state index in [2.05, 4.69) is 0 Å². The first-order valence-electron chi connectivity index (χ1n) is 7.60. The van der Waals surface area contributed by atoms with Crippen molar-refractivity contribution >= 4 is 11.9 Å². The fourth-order valence-corrected chi connectivity index (χ4v) is 2.16. The number of halogens is 3. The van der Waals surface area contributed by atoms with E-state index in [0.717, 1.165) is 12.1 Å². The Morgan fingerprint density at radius 2 is 1.92 bits per heavy atom. The summed E-state index contributed by atoms with van der Waals surface area (Å²) in [7, 11) is 1.47. The van der Waals surface area contributed by atoms with Gasteiger partial charge >= 0.3 is 6.18 Å². The Morgan fingerprint density at radius 3 is 2.50 bits per heavy atom. The van der Waals surface area contributed by atoms with Gasteiger partial charge in [-0.15, -0.1) is 0 Å². The summed E-state index contributed by atoms with van der Waals surface area (Å²) < 4.78 is 48.2. The van der Waals surface area contributed by atoms with Gasteiger partial charge in [-0.05, 0) is 42.8 Å². The smallest absolute Gasteiger partial charge is 0.431 e. The molecule has 0 fully saturated rings. The molecule has 0 saturated heterocycles. The number of aromatic nitrogens is 1. The van der Waals surface area contributed by atoms with Crippen molar-refractivity contribution in [3.8, 4) is 11.5 Å². The maximum atomic E-state index is 12.5. The van der Waals surface area contributed by atoms with Gasteiger partial charge in [-0.3, -0.25) is 9.59 Å². The van der Waals surface area contributed by atoms with Crippen LogP contribution < -0.4 is 15.0 Å². The van der Waals surface area contributed by atoms with E-state index in [1.165, 1.54) is 13.2 Å². The molecule has 1 aromatic carbocycles. The second-order valence-corrected chi connectivity index (χ2v) is 5.15. The molecule has 0 aliphatic carbocycles. The van der Waals surface area contributed by atoms with Crippen LogP contribution in [0.25, 0.3) is 6.08 Å². The molecule has 8 heteroatoms. The number of nitrogens with one attached hydrogen (secondary N) is 1. The van der Waals surface area contributed by atoms with Crippen molar-refractivity contribution in [1.29, 1.82) is 0 Å². The van der Waals surface area contributed by atoms with E-state index < -0.39 is 23.2 Å². The van der Waals surface area contributed by atoms with E-state index in [1.807, 2.05) is 6.92 Å².